The van der Waals surface area contributed by atoms with Gasteiger partial charge in [-0.1, -0.05) is 60.6 Å². The van der Waals surface area contributed by atoms with E-state index in [-0.39, 0.29) is 0 Å². The number of aryl methyl sites for hydroxylation is 1. The predicted molar refractivity (Wildman–Crippen MR) is 122 cm³/mol. The number of thioether (sulfide) groups is 1. The van der Waals surface area contributed by atoms with E-state index in [0.29, 0.717) is 29.0 Å². The molecule has 31 heavy (non-hydrogen) atoms. The Labute approximate surface area is 185 Å². The molecule has 2 heterocycles. The summed E-state index contributed by atoms with van der Waals surface area (Å²) in [6.45, 7) is 6.43. The van der Waals surface area contributed by atoms with Gasteiger partial charge in [-0.25, -0.2) is 4.68 Å². The van der Waals surface area contributed by atoms with E-state index in [1.807, 2.05) is 38.1 Å². The number of nitrogens with two attached hydrogens (primary N) is 1. The first kappa shape index (κ1) is 21.0. The Hall–Kier alpha value is -3.26. The number of rotatable bonds is 7. The minimum absolute atomic E-state index is 0.446. The van der Waals surface area contributed by atoms with Crippen LogP contribution < -0.4 is 15.8 Å². The van der Waals surface area contributed by atoms with Crippen LogP contribution in [-0.4, -0.2) is 26.4 Å². The number of primary amides is 1. The molecule has 0 spiro atoms. The minimum atomic E-state index is -0.486. The number of aromatic nitrogens is 3. The summed E-state index contributed by atoms with van der Waals surface area (Å²) in [7, 11) is 0. The van der Waals surface area contributed by atoms with Gasteiger partial charge in [0.2, 0.25) is 17.0 Å². The molecule has 3 aromatic rings. The Bertz CT molecular complexity index is 1120. The van der Waals surface area contributed by atoms with Gasteiger partial charge in [-0.05, 0) is 42.9 Å². The lowest BCUT2D eigenvalue weighted by Crippen LogP contribution is -2.31. The molecule has 0 aliphatic carbocycles. The number of ether oxygens (including phenoxy) is 1. The average Bonchev–Trinajstić information content (AvgIpc) is 3.14. The van der Waals surface area contributed by atoms with Crippen molar-refractivity contribution in [2.24, 2.45) is 5.73 Å². The molecule has 2 aromatic carbocycles. The summed E-state index contributed by atoms with van der Waals surface area (Å²) in [5, 5.41) is 8.42. The summed E-state index contributed by atoms with van der Waals surface area (Å²) in [4.78, 5) is 16.8. The Morgan fingerprint density at radius 3 is 2.52 bits per heavy atom. The summed E-state index contributed by atoms with van der Waals surface area (Å²) in [5.41, 5.74) is 10.1. The highest BCUT2D eigenvalue weighted by atomic mass is 32.2. The van der Waals surface area contributed by atoms with Gasteiger partial charge in [0.05, 0.1) is 5.57 Å². The van der Waals surface area contributed by atoms with E-state index in [1.54, 1.807) is 16.4 Å². The molecule has 0 saturated heterocycles. The zero-order chi connectivity index (χ0) is 22.0. The molecule has 4 rings (SSSR count). The number of hydrogen-bond acceptors (Lipinski definition) is 6. The third-order valence-corrected chi connectivity index (χ3v) is 5.81. The Morgan fingerprint density at radius 2 is 1.87 bits per heavy atom. The quantitative estimate of drug-likeness (QED) is 0.544. The van der Waals surface area contributed by atoms with Crippen molar-refractivity contribution in [2.45, 2.75) is 38.6 Å². The standard InChI is InChI=1S/C23H25N5O2S/c1-4-31-23-26-22-25-15(3)19(21(24)29)20(28(22)27-23)17-9-11-18(12-10-17)30-13-16-7-5-14(2)6-8-16/h5-12,20H,4,13H2,1-3H3,(H2,24,29)(H,25,26,27). The van der Waals surface area contributed by atoms with Crippen LogP contribution >= 0.6 is 11.8 Å². The van der Waals surface area contributed by atoms with E-state index < -0.39 is 11.9 Å². The molecule has 0 fully saturated rings. The molecule has 1 aliphatic heterocycles. The average molecular weight is 436 g/mol. The Morgan fingerprint density at radius 1 is 1.16 bits per heavy atom. The highest BCUT2D eigenvalue weighted by Crippen LogP contribution is 2.36. The lowest BCUT2D eigenvalue weighted by atomic mass is 9.95. The van der Waals surface area contributed by atoms with Gasteiger partial charge in [0.15, 0.2) is 0 Å². The van der Waals surface area contributed by atoms with Crippen LogP contribution in [0.1, 0.15) is 36.6 Å². The van der Waals surface area contributed by atoms with Gasteiger partial charge >= 0.3 is 0 Å². The second kappa shape index (κ2) is 8.85. The molecule has 3 N–H and O–H groups in total. The molecule has 1 aliphatic rings. The number of amides is 1. The van der Waals surface area contributed by atoms with Crippen molar-refractivity contribution in [1.82, 2.24) is 14.8 Å². The van der Waals surface area contributed by atoms with Crippen LogP contribution in [0.5, 0.6) is 5.75 Å². The number of allylic oxidation sites excluding steroid dienone is 1. The van der Waals surface area contributed by atoms with Crippen molar-refractivity contribution in [2.75, 3.05) is 11.1 Å². The van der Waals surface area contributed by atoms with Crippen LogP contribution in [0.15, 0.2) is 65.0 Å². The molecule has 8 heteroatoms. The van der Waals surface area contributed by atoms with Gasteiger partial charge in [0.25, 0.3) is 0 Å². The summed E-state index contributed by atoms with van der Waals surface area (Å²) in [6, 6.07) is 15.5. The number of nitrogens with zero attached hydrogens (tertiary/aromatic N) is 3. The van der Waals surface area contributed by atoms with Crippen molar-refractivity contribution in [3.05, 3.63) is 76.5 Å². The van der Waals surface area contributed by atoms with E-state index in [9.17, 15) is 4.79 Å². The van der Waals surface area contributed by atoms with Gasteiger partial charge in [-0.15, -0.1) is 5.10 Å². The van der Waals surface area contributed by atoms with Crippen molar-refractivity contribution in [3.8, 4) is 5.75 Å². The fourth-order valence-corrected chi connectivity index (χ4v) is 4.10. The van der Waals surface area contributed by atoms with Crippen LogP contribution in [0.25, 0.3) is 0 Å². The normalized spacial score (nSPS) is 15.4. The predicted octanol–water partition coefficient (Wildman–Crippen LogP) is 4.05. The number of nitrogens with one attached hydrogen (secondary N) is 1. The maximum absolute atomic E-state index is 12.3. The first-order valence-electron chi connectivity index (χ1n) is 10.1. The number of benzene rings is 2. The lowest BCUT2D eigenvalue weighted by molar-refractivity contribution is -0.115. The highest BCUT2D eigenvalue weighted by molar-refractivity contribution is 7.99. The molecule has 1 atom stereocenters. The molecular formula is C23H25N5O2S. The lowest BCUT2D eigenvalue weighted by Gasteiger charge is -2.27. The van der Waals surface area contributed by atoms with E-state index in [0.717, 1.165) is 22.6 Å². The number of hydrogen-bond donors (Lipinski definition) is 2. The van der Waals surface area contributed by atoms with Gasteiger partial charge in [-0.3, -0.25) is 4.79 Å². The molecule has 1 aromatic heterocycles. The van der Waals surface area contributed by atoms with E-state index in [2.05, 4.69) is 46.6 Å². The number of anilines is 1. The van der Waals surface area contributed by atoms with Gasteiger partial charge < -0.3 is 15.8 Å². The molecule has 1 amide bonds. The fraction of sp³-hybridized carbons (Fsp3) is 0.261. The van der Waals surface area contributed by atoms with E-state index in [1.165, 1.54) is 5.56 Å². The second-order valence-corrected chi connectivity index (χ2v) is 8.60. The summed E-state index contributed by atoms with van der Waals surface area (Å²) >= 11 is 1.55. The zero-order valence-electron chi connectivity index (χ0n) is 17.8. The van der Waals surface area contributed by atoms with Gasteiger partial charge in [0.1, 0.15) is 18.4 Å². The highest BCUT2D eigenvalue weighted by Gasteiger charge is 2.33. The van der Waals surface area contributed by atoms with Crippen molar-refractivity contribution in [1.29, 1.82) is 0 Å². The van der Waals surface area contributed by atoms with Crippen molar-refractivity contribution >= 4 is 23.6 Å². The summed E-state index contributed by atoms with van der Waals surface area (Å²) in [5.74, 6) is 1.72. The Kier molecular flexibility index (Phi) is 5.99. The maximum atomic E-state index is 12.3. The molecule has 1 unspecified atom stereocenters. The number of fused-ring (bicyclic) bond motifs is 1. The molecule has 0 bridgehead atoms. The molecule has 160 valence electrons. The van der Waals surface area contributed by atoms with E-state index >= 15 is 0 Å². The molecule has 0 saturated carbocycles. The summed E-state index contributed by atoms with van der Waals surface area (Å²) < 4.78 is 7.65. The van der Waals surface area contributed by atoms with Crippen LogP contribution in [-0.2, 0) is 11.4 Å². The van der Waals surface area contributed by atoms with Crippen molar-refractivity contribution in [3.63, 3.8) is 0 Å². The van der Waals surface area contributed by atoms with Crippen LogP contribution in [0.4, 0.5) is 5.95 Å². The first-order valence-corrected chi connectivity index (χ1v) is 11.1. The number of carbonyl (C=O) groups is 1. The fourth-order valence-electron chi connectivity index (χ4n) is 3.55. The van der Waals surface area contributed by atoms with Gasteiger partial charge in [0, 0.05) is 5.70 Å². The number of carbonyl (C=O) groups excluding carboxylic acids is 1. The Balaban J connectivity index is 1.60. The molecule has 0 radical (unpaired) electrons. The van der Waals surface area contributed by atoms with Crippen LogP contribution in [0.2, 0.25) is 0 Å². The van der Waals surface area contributed by atoms with Crippen molar-refractivity contribution < 1.29 is 9.53 Å². The van der Waals surface area contributed by atoms with E-state index in [4.69, 9.17) is 10.5 Å². The smallest absolute Gasteiger partial charge is 0.248 e. The third-order valence-electron chi connectivity index (χ3n) is 5.09. The molecular weight excluding hydrogens is 410 g/mol. The topological polar surface area (TPSA) is 95.1 Å². The largest absolute Gasteiger partial charge is 0.489 e. The second-order valence-electron chi connectivity index (χ2n) is 7.37. The SMILES string of the molecule is CCSc1nc2n(n1)C(c1ccc(OCc3ccc(C)cc3)cc1)C(C(N)=O)=C(C)N2. The van der Waals surface area contributed by atoms with Crippen LogP contribution in [0.3, 0.4) is 0 Å². The third kappa shape index (κ3) is 4.44. The first-order chi connectivity index (χ1) is 15.0. The van der Waals surface area contributed by atoms with Gasteiger partial charge in [-0.2, -0.15) is 4.98 Å². The zero-order valence-corrected chi connectivity index (χ0v) is 18.6. The monoisotopic (exact) mass is 435 g/mol. The maximum Gasteiger partial charge on any atom is 0.248 e. The van der Waals surface area contributed by atoms with Crippen LogP contribution in [0, 0.1) is 6.92 Å². The minimum Gasteiger partial charge on any atom is -0.489 e. The molecule has 7 nitrogen and oxygen atoms in total. The summed E-state index contributed by atoms with van der Waals surface area (Å²) in [6.07, 6.45) is 0.